The van der Waals surface area contributed by atoms with Gasteiger partial charge in [-0.05, 0) is 31.7 Å². The van der Waals surface area contributed by atoms with Crippen LogP contribution in [-0.2, 0) is 0 Å². The molecule has 0 bridgehead atoms. The first-order chi connectivity index (χ1) is 6.72. The second-order valence-corrected chi connectivity index (χ2v) is 4.61. The Hall–Kier alpha value is -0.480. The van der Waals surface area contributed by atoms with Gasteiger partial charge in [0.15, 0.2) is 0 Å². The van der Waals surface area contributed by atoms with Crippen LogP contribution in [0.1, 0.15) is 40.0 Å². The van der Waals surface area contributed by atoms with Crippen LogP contribution in [0.15, 0.2) is 0 Å². The van der Waals surface area contributed by atoms with Crippen molar-refractivity contribution in [2.45, 2.75) is 40.0 Å². The Labute approximate surface area is 88.9 Å². The van der Waals surface area contributed by atoms with Crippen molar-refractivity contribution >= 4 is 0 Å². The standard InChI is InChI=1S/C13H23N/c1-4-12(2)7-5-9-14-10-6-8-13(3)11-14/h12-13H,4,6,8-11H2,1-3H3/t12-,13?/m1/s1. The first-order valence-corrected chi connectivity index (χ1v) is 5.93. The average Bonchev–Trinajstić information content (AvgIpc) is 2.17. The molecule has 1 nitrogen and oxygen atoms in total. The largest absolute Gasteiger partial charge is 0.292 e. The van der Waals surface area contributed by atoms with Crippen LogP contribution in [-0.4, -0.2) is 24.5 Å². The lowest BCUT2D eigenvalue weighted by atomic mass is 10.0. The van der Waals surface area contributed by atoms with Gasteiger partial charge in [-0.3, -0.25) is 4.90 Å². The predicted molar refractivity (Wildman–Crippen MR) is 62.1 cm³/mol. The van der Waals surface area contributed by atoms with Crippen LogP contribution in [0.25, 0.3) is 0 Å². The smallest absolute Gasteiger partial charge is 0.0601 e. The highest BCUT2D eigenvalue weighted by Gasteiger charge is 2.14. The lowest BCUT2D eigenvalue weighted by Gasteiger charge is -2.29. The van der Waals surface area contributed by atoms with Crippen molar-refractivity contribution in [3.63, 3.8) is 0 Å². The van der Waals surface area contributed by atoms with E-state index in [1.54, 1.807) is 0 Å². The third kappa shape index (κ3) is 4.15. The molecule has 0 aromatic carbocycles. The molecule has 1 heteroatoms. The van der Waals surface area contributed by atoms with E-state index in [0.717, 1.165) is 12.5 Å². The van der Waals surface area contributed by atoms with E-state index in [1.807, 2.05) is 0 Å². The molecule has 1 rings (SSSR count). The SMILES string of the molecule is CC[C@@H](C)C#CCN1CCCC(C)C1. The fourth-order valence-electron chi connectivity index (χ4n) is 1.86. The van der Waals surface area contributed by atoms with Gasteiger partial charge in [0.05, 0.1) is 6.54 Å². The zero-order chi connectivity index (χ0) is 10.4. The molecule has 0 spiro atoms. The normalized spacial score (nSPS) is 25.2. The van der Waals surface area contributed by atoms with Gasteiger partial charge < -0.3 is 0 Å². The van der Waals surface area contributed by atoms with Crippen molar-refractivity contribution in [1.82, 2.24) is 4.90 Å². The second kappa shape index (κ2) is 6.09. The molecule has 0 aromatic rings. The molecule has 0 amide bonds. The molecule has 1 fully saturated rings. The van der Waals surface area contributed by atoms with Gasteiger partial charge >= 0.3 is 0 Å². The van der Waals surface area contributed by atoms with E-state index in [1.165, 1.54) is 32.4 Å². The van der Waals surface area contributed by atoms with Crippen molar-refractivity contribution in [3.8, 4) is 11.8 Å². The Morgan fingerprint density at radius 2 is 2.29 bits per heavy atom. The maximum Gasteiger partial charge on any atom is 0.0601 e. The molecule has 2 atom stereocenters. The van der Waals surface area contributed by atoms with Gasteiger partial charge in [0.25, 0.3) is 0 Å². The van der Waals surface area contributed by atoms with Crippen molar-refractivity contribution in [3.05, 3.63) is 0 Å². The summed E-state index contributed by atoms with van der Waals surface area (Å²) in [7, 11) is 0. The van der Waals surface area contributed by atoms with Crippen LogP contribution in [0, 0.1) is 23.7 Å². The molecule has 1 saturated heterocycles. The summed E-state index contributed by atoms with van der Waals surface area (Å²) < 4.78 is 0. The zero-order valence-corrected chi connectivity index (χ0v) is 9.84. The molecule has 0 aromatic heterocycles. The fourth-order valence-corrected chi connectivity index (χ4v) is 1.86. The molecule has 1 aliphatic heterocycles. The Morgan fingerprint density at radius 1 is 1.50 bits per heavy atom. The van der Waals surface area contributed by atoms with E-state index in [4.69, 9.17) is 0 Å². The Balaban J connectivity index is 2.25. The summed E-state index contributed by atoms with van der Waals surface area (Å²) in [6.07, 6.45) is 3.92. The number of hydrogen-bond donors (Lipinski definition) is 0. The molecule has 0 radical (unpaired) electrons. The van der Waals surface area contributed by atoms with E-state index >= 15 is 0 Å². The minimum Gasteiger partial charge on any atom is -0.292 e. The molecule has 1 unspecified atom stereocenters. The first kappa shape index (κ1) is 11.6. The zero-order valence-electron chi connectivity index (χ0n) is 9.84. The molecule has 0 aliphatic carbocycles. The molecule has 1 heterocycles. The third-order valence-electron chi connectivity index (χ3n) is 3.00. The first-order valence-electron chi connectivity index (χ1n) is 5.93. The molecule has 0 N–H and O–H groups in total. The van der Waals surface area contributed by atoms with E-state index in [0.29, 0.717) is 5.92 Å². The maximum absolute atomic E-state index is 3.30. The van der Waals surface area contributed by atoms with Gasteiger partial charge in [-0.15, -0.1) is 0 Å². The van der Waals surface area contributed by atoms with E-state index in [2.05, 4.69) is 37.5 Å². The van der Waals surface area contributed by atoms with Gasteiger partial charge in [0, 0.05) is 12.5 Å². The van der Waals surface area contributed by atoms with E-state index in [-0.39, 0.29) is 0 Å². The second-order valence-electron chi connectivity index (χ2n) is 4.61. The summed E-state index contributed by atoms with van der Waals surface area (Å²) in [5.74, 6) is 8.04. The molecule has 1 aliphatic rings. The lowest BCUT2D eigenvalue weighted by Crippen LogP contribution is -2.34. The summed E-state index contributed by atoms with van der Waals surface area (Å²) in [5, 5.41) is 0. The van der Waals surface area contributed by atoms with E-state index < -0.39 is 0 Å². The van der Waals surface area contributed by atoms with Crippen molar-refractivity contribution in [1.29, 1.82) is 0 Å². The van der Waals surface area contributed by atoms with Crippen LogP contribution in [0.2, 0.25) is 0 Å². The highest BCUT2D eigenvalue weighted by atomic mass is 15.1. The van der Waals surface area contributed by atoms with E-state index in [9.17, 15) is 0 Å². The molecular formula is C13H23N. The predicted octanol–water partition coefficient (Wildman–Crippen LogP) is 2.77. The Bertz CT molecular complexity index is 211. The van der Waals surface area contributed by atoms with Crippen LogP contribution in [0.4, 0.5) is 0 Å². The molecule has 14 heavy (non-hydrogen) atoms. The highest BCUT2D eigenvalue weighted by molar-refractivity contribution is 5.04. The van der Waals surface area contributed by atoms with Crippen LogP contribution in [0.3, 0.4) is 0 Å². The molecule has 80 valence electrons. The van der Waals surface area contributed by atoms with Crippen molar-refractivity contribution in [2.75, 3.05) is 19.6 Å². The Kier molecular flexibility index (Phi) is 5.04. The summed E-state index contributed by atoms with van der Waals surface area (Å²) in [6, 6.07) is 0. The van der Waals surface area contributed by atoms with Gasteiger partial charge in [0.1, 0.15) is 0 Å². The quantitative estimate of drug-likeness (QED) is 0.610. The maximum atomic E-state index is 3.30. The van der Waals surface area contributed by atoms with Crippen LogP contribution < -0.4 is 0 Å². The third-order valence-corrected chi connectivity index (χ3v) is 3.00. The van der Waals surface area contributed by atoms with Gasteiger partial charge in [-0.1, -0.05) is 32.6 Å². The minimum atomic E-state index is 0.567. The Morgan fingerprint density at radius 3 is 2.93 bits per heavy atom. The number of nitrogens with zero attached hydrogens (tertiary/aromatic N) is 1. The molecule has 0 saturated carbocycles. The topological polar surface area (TPSA) is 3.24 Å². The average molecular weight is 193 g/mol. The fraction of sp³-hybridized carbons (Fsp3) is 0.846. The van der Waals surface area contributed by atoms with Gasteiger partial charge in [-0.25, -0.2) is 0 Å². The minimum absolute atomic E-state index is 0.567. The summed E-state index contributed by atoms with van der Waals surface area (Å²) >= 11 is 0. The van der Waals surface area contributed by atoms with Crippen molar-refractivity contribution in [2.24, 2.45) is 11.8 Å². The number of rotatable bonds is 2. The van der Waals surface area contributed by atoms with Gasteiger partial charge in [0.2, 0.25) is 0 Å². The summed E-state index contributed by atoms with van der Waals surface area (Å²) in [6.45, 7) is 10.2. The highest BCUT2D eigenvalue weighted by Crippen LogP contribution is 2.14. The number of piperidine rings is 1. The van der Waals surface area contributed by atoms with Crippen molar-refractivity contribution < 1.29 is 0 Å². The van der Waals surface area contributed by atoms with Crippen LogP contribution >= 0.6 is 0 Å². The molecular weight excluding hydrogens is 170 g/mol. The van der Waals surface area contributed by atoms with Crippen LogP contribution in [0.5, 0.6) is 0 Å². The number of hydrogen-bond acceptors (Lipinski definition) is 1. The monoisotopic (exact) mass is 193 g/mol. The van der Waals surface area contributed by atoms with Gasteiger partial charge in [-0.2, -0.15) is 0 Å². The number of likely N-dealkylation sites (tertiary alicyclic amines) is 1. The lowest BCUT2D eigenvalue weighted by molar-refractivity contribution is 0.204. The summed E-state index contributed by atoms with van der Waals surface area (Å²) in [5.41, 5.74) is 0. The summed E-state index contributed by atoms with van der Waals surface area (Å²) in [4.78, 5) is 2.49.